The number of hydrogen-bond acceptors (Lipinski definition) is 4. The van der Waals surface area contributed by atoms with Crippen LogP contribution in [0.25, 0.3) is 10.1 Å². The molecule has 0 fully saturated rings. The number of pyridine rings is 1. The standard InChI is InChI=1S/C8H6N2O2S/c9-7-6-4(1-2-10-7)5(3-13-6)8(11)12/h1-3H,(H2,9,10)(H,11,12). The molecular weight excluding hydrogens is 188 g/mol. The van der Waals surface area contributed by atoms with E-state index in [1.807, 2.05) is 0 Å². The van der Waals surface area contributed by atoms with Gasteiger partial charge >= 0.3 is 5.97 Å². The van der Waals surface area contributed by atoms with Crippen LogP contribution in [0.3, 0.4) is 0 Å². The number of rotatable bonds is 1. The van der Waals surface area contributed by atoms with Crippen molar-refractivity contribution in [1.82, 2.24) is 4.98 Å². The van der Waals surface area contributed by atoms with Crippen LogP contribution < -0.4 is 5.73 Å². The van der Waals surface area contributed by atoms with Gasteiger partial charge in [0.2, 0.25) is 0 Å². The molecule has 2 aromatic rings. The van der Waals surface area contributed by atoms with Crippen LogP contribution in [-0.2, 0) is 0 Å². The number of hydrogen-bond donors (Lipinski definition) is 2. The van der Waals surface area contributed by atoms with Crippen molar-refractivity contribution in [1.29, 1.82) is 0 Å². The number of aromatic carboxylic acids is 1. The Balaban J connectivity index is 2.83. The average Bonchev–Trinajstić information content (AvgIpc) is 2.48. The summed E-state index contributed by atoms with van der Waals surface area (Å²) in [4.78, 5) is 14.6. The summed E-state index contributed by atoms with van der Waals surface area (Å²) in [5, 5.41) is 11.0. The molecule has 5 heteroatoms. The summed E-state index contributed by atoms with van der Waals surface area (Å²) in [7, 11) is 0. The SMILES string of the molecule is Nc1nccc2c(C(=O)O)csc12. The van der Waals surface area contributed by atoms with Crippen LogP contribution in [0.1, 0.15) is 10.4 Å². The molecule has 0 saturated heterocycles. The van der Waals surface area contributed by atoms with Gasteiger partial charge in [-0.1, -0.05) is 0 Å². The molecule has 66 valence electrons. The van der Waals surface area contributed by atoms with Crippen molar-refractivity contribution >= 4 is 33.2 Å². The zero-order valence-electron chi connectivity index (χ0n) is 6.52. The number of aromatic nitrogens is 1. The second kappa shape index (κ2) is 2.70. The van der Waals surface area contributed by atoms with Crippen molar-refractivity contribution in [3.05, 3.63) is 23.2 Å². The molecule has 0 radical (unpaired) electrons. The fraction of sp³-hybridized carbons (Fsp3) is 0. The smallest absolute Gasteiger partial charge is 0.337 e. The molecule has 0 amide bonds. The van der Waals surface area contributed by atoms with Crippen molar-refractivity contribution in [2.75, 3.05) is 5.73 Å². The molecule has 2 aromatic heterocycles. The third-order valence-electron chi connectivity index (χ3n) is 1.75. The Hall–Kier alpha value is -1.62. The fourth-order valence-corrected chi connectivity index (χ4v) is 2.09. The Bertz CT molecular complexity index is 478. The first kappa shape index (κ1) is 8.00. The Morgan fingerprint density at radius 3 is 3.08 bits per heavy atom. The molecule has 2 rings (SSSR count). The summed E-state index contributed by atoms with van der Waals surface area (Å²) in [6, 6.07) is 1.66. The fourth-order valence-electron chi connectivity index (χ4n) is 1.15. The molecule has 13 heavy (non-hydrogen) atoms. The topological polar surface area (TPSA) is 76.2 Å². The molecule has 3 N–H and O–H groups in total. The van der Waals surface area contributed by atoms with E-state index in [9.17, 15) is 4.79 Å². The van der Waals surface area contributed by atoms with E-state index in [-0.39, 0.29) is 5.56 Å². The first-order chi connectivity index (χ1) is 6.20. The van der Waals surface area contributed by atoms with Gasteiger partial charge in [-0.05, 0) is 6.07 Å². The van der Waals surface area contributed by atoms with Gasteiger partial charge in [-0.15, -0.1) is 11.3 Å². The molecule has 0 aliphatic heterocycles. The van der Waals surface area contributed by atoms with Gasteiger partial charge in [-0.3, -0.25) is 0 Å². The molecule has 2 heterocycles. The summed E-state index contributed by atoms with van der Waals surface area (Å²) in [6.07, 6.45) is 1.51. The number of nitrogens with two attached hydrogens (primary N) is 1. The number of thiophene rings is 1. The predicted octanol–water partition coefficient (Wildman–Crippen LogP) is 1.58. The summed E-state index contributed by atoms with van der Waals surface area (Å²) in [6.45, 7) is 0. The third-order valence-corrected chi connectivity index (χ3v) is 2.77. The van der Waals surface area contributed by atoms with E-state index >= 15 is 0 Å². The molecule has 0 atom stereocenters. The number of anilines is 1. The summed E-state index contributed by atoms with van der Waals surface area (Å²) in [5.41, 5.74) is 5.86. The highest BCUT2D eigenvalue weighted by atomic mass is 32.1. The molecule has 0 spiro atoms. The van der Waals surface area contributed by atoms with E-state index in [0.29, 0.717) is 11.2 Å². The van der Waals surface area contributed by atoms with Crippen LogP contribution in [0.2, 0.25) is 0 Å². The van der Waals surface area contributed by atoms with Gasteiger partial charge in [-0.2, -0.15) is 0 Å². The van der Waals surface area contributed by atoms with Crippen molar-refractivity contribution in [2.24, 2.45) is 0 Å². The molecule has 4 nitrogen and oxygen atoms in total. The lowest BCUT2D eigenvalue weighted by Gasteiger charge is -1.94. The van der Waals surface area contributed by atoms with Crippen LogP contribution >= 0.6 is 11.3 Å². The second-order valence-electron chi connectivity index (χ2n) is 2.53. The van der Waals surface area contributed by atoms with Crippen molar-refractivity contribution < 1.29 is 9.90 Å². The van der Waals surface area contributed by atoms with Gasteiger partial charge in [0.15, 0.2) is 0 Å². The van der Waals surface area contributed by atoms with Gasteiger partial charge in [-0.25, -0.2) is 9.78 Å². The second-order valence-corrected chi connectivity index (χ2v) is 3.41. The quantitative estimate of drug-likeness (QED) is 0.722. The van der Waals surface area contributed by atoms with Crippen molar-refractivity contribution in [3.8, 4) is 0 Å². The van der Waals surface area contributed by atoms with E-state index < -0.39 is 5.97 Å². The lowest BCUT2D eigenvalue weighted by Crippen LogP contribution is -1.94. The maximum absolute atomic E-state index is 10.7. The first-order valence-corrected chi connectivity index (χ1v) is 4.43. The molecule has 0 aliphatic rings. The first-order valence-electron chi connectivity index (χ1n) is 3.55. The number of carbonyl (C=O) groups is 1. The van der Waals surface area contributed by atoms with Crippen molar-refractivity contribution in [2.45, 2.75) is 0 Å². The number of nitrogens with zero attached hydrogens (tertiary/aromatic N) is 1. The van der Waals surface area contributed by atoms with Crippen molar-refractivity contribution in [3.63, 3.8) is 0 Å². The Labute approximate surface area is 77.6 Å². The van der Waals surface area contributed by atoms with E-state index in [0.717, 1.165) is 4.70 Å². The molecule has 0 aromatic carbocycles. The third kappa shape index (κ3) is 1.13. The maximum Gasteiger partial charge on any atom is 0.337 e. The van der Waals surface area contributed by atoms with E-state index in [4.69, 9.17) is 10.8 Å². The minimum atomic E-state index is -0.933. The highest BCUT2D eigenvalue weighted by Gasteiger charge is 2.11. The van der Waals surface area contributed by atoms with E-state index in [1.165, 1.54) is 17.5 Å². The average molecular weight is 194 g/mol. The molecular formula is C8H6N2O2S. The minimum absolute atomic E-state index is 0.286. The van der Waals surface area contributed by atoms with Gasteiger partial charge < -0.3 is 10.8 Å². The normalized spacial score (nSPS) is 10.5. The van der Waals surface area contributed by atoms with Gasteiger partial charge in [0.25, 0.3) is 0 Å². The molecule has 0 bridgehead atoms. The van der Waals surface area contributed by atoms with E-state index in [1.54, 1.807) is 11.4 Å². The zero-order valence-corrected chi connectivity index (χ0v) is 7.34. The van der Waals surface area contributed by atoms with Gasteiger partial charge in [0.05, 0.1) is 10.3 Å². The largest absolute Gasteiger partial charge is 0.478 e. The van der Waals surface area contributed by atoms with Gasteiger partial charge in [0, 0.05) is 17.0 Å². The lowest BCUT2D eigenvalue weighted by atomic mass is 10.2. The molecule has 0 aliphatic carbocycles. The highest BCUT2D eigenvalue weighted by molar-refractivity contribution is 7.18. The Morgan fingerprint density at radius 2 is 2.38 bits per heavy atom. The molecule has 0 saturated carbocycles. The van der Waals surface area contributed by atoms with Crippen LogP contribution in [0.4, 0.5) is 5.82 Å². The number of fused-ring (bicyclic) bond motifs is 1. The summed E-state index contributed by atoms with van der Waals surface area (Å²) < 4.78 is 0.736. The van der Waals surface area contributed by atoms with Crippen LogP contribution in [0.5, 0.6) is 0 Å². The lowest BCUT2D eigenvalue weighted by molar-refractivity contribution is 0.0699. The predicted molar refractivity (Wildman–Crippen MR) is 51.0 cm³/mol. The zero-order chi connectivity index (χ0) is 9.42. The van der Waals surface area contributed by atoms with Gasteiger partial charge in [0.1, 0.15) is 5.82 Å². The maximum atomic E-state index is 10.7. The Morgan fingerprint density at radius 1 is 1.62 bits per heavy atom. The Kier molecular flexibility index (Phi) is 1.66. The van der Waals surface area contributed by atoms with E-state index in [2.05, 4.69) is 4.98 Å². The number of carboxylic acid groups (broad SMARTS) is 1. The summed E-state index contributed by atoms with van der Waals surface area (Å²) >= 11 is 1.30. The van der Waals surface area contributed by atoms with Crippen LogP contribution in [-0.4, -0.2) is 16.1 Å². The summed E-state index contributed by atoms with van der Waals surface area (Å²) in [5.74, 6) is -0.549. The minimum Gasteiger partial charge on any atom is -0.478 e. The number of nitrogen functional groups attached to an aromatic ring is 1. The molecule has 0 unspecified atom stereocenters. The monoisotopic (exact) mass is 194 g/mol. The van der Waals surface area contributed by atoms with Crippen LogP contribution in [0.15, 0.2) is 17.6 Å². The number of carboxylic acids is 1. The highest BCUT2D eigenvalue weighted by Crippen LogP contribution is 2.28. The van der Waals surface area contributed by atoms with Crippen LogP contribution in [0, 0.1) is 0 Å².